The van der Waals surface area contributed by atoms with Crippen molar-refractivity contribution in [1.29, 1.82) is 0 Å². The first-order chi connectivity index (χ1) is 8.99. The molecule has 106 valence electrons. The number of carboxylic acid groups (broad SMARTS) is 1. The highest BCUT2D eigenvalue weighted by molar-refractivity contribution is 7.99. The molecule has 6 nitrogen and oxygen atoms in total. The van der Waals surface area contributed by atoms with Gasteiger partial charge in [0.2, 0.25) is 10.9 Å². The first-order valence-corrected chi connectivity index (χ1v) is 8.53. The smallest absolute Gasteiger partial charge is 0.371 e. The molecule has 1 aromatic rings. The predicted octanol–water partition coefficient (Wildman–Crippen LogP) is 1.40. The molecule has 2 heterocycles. The molecule has 0 radical (unpaired) electrons. The number of thioether (sulfide) groups is 1. The van der Waals surface area contributed by atoms with Crippen LogP contribution in [0.5, 0.6) is 0 Å². The lowest BCUT2D eigenvalue weighted by Gasteiger charge is -2.21. The summed E-state index contributed by atoms with van der Waals surface area (Å²) >= 11 is 1.87. The van der Waals surface area contributed by atoms with Gasteiger partial charge in [-0.25, -0.2) is 17.9 Å². The third-order valence-corrected chi connectivity index (χ3v) is 5.30. The van der Waals surface area contributed by atoms with Crippen LogP contribution in [0.3, 0.4) is 0 Å². The van der Waals surface area contributed by atoms with Gasteiger partial charge < -0.3 is 9.52 Å². The zero-order valence-corrected chi connectivity index (χ0v) is 11.8. The fourth-order valence-electron chi connectivity index (χ4n) is 1.83. The molecule has 1 aromatic heterocycles. The fourth-order valence-corrected chi connectivity index (χ4v) is 4.08. The first-order valence-electron chi connectivity index (χ1n) is 5.89. The molecule has 0 aliphatic carbocycles. The van der Waals surface area contributed by atoms with Crippen molar-refractivity contribution in [3.63, 3.8) is 0 Å². The SMILES string of the molecule is O=C(O)c1ccc(S(=O)(=O)NCC2CCSCC2)o1. The lowest BCUT2D eigenvalue weighted by Crippen LogP contribution is -2.30. The Balaban J connectivity index is 1.98. The number of furan rings is 1. The molecule has 0 bridgehead atoms. The summed E-state index contributed by atoms with van der Waals surface area (Å²) in [7, 11) is -3.76. The van der Waals surface area contributed by atoms with Crippen molar-refractivity contribution in [3.8, 4) is 0 Å². The number of rotatable bonds is 5. The van der Waals surface area contributed by atoms with E-state index in [1.54, 1.807) is 0 Å². The summed E-state index contributed by atoms with van der Waals surface area (Å²) in [5.41, 5.74) is 0. The number of aromatic carboxylic acids is 1. The Morgan fingerprint density at radius 1 is 1.42 bits per heavy atom. The number of sulfonamides is 1. The molecular weight excluding hydrogens is 290 g/mol. The molecule has 1 saturated heterocycles. The Labute approximate surface area is 115 Å². The molecule has 2 rings (SSSR count). The number of hydrogen-bond acceptors (Lipinski definition) is 5. The zero-order valence-electron chi connectivity index (χ0n) is 10.2. The molecule has 1 fully saturated rings. The summed E-state index contributed by atoms with van der Waals surface area (Å²) in [6.07, 6.45) is 1.98. The topological polar surface area (TPSA) is 96.6 Å². The van der Waals surface area contributed by atoms with Gasteiger partial charge in [0.1, 0.15) is 0 Å². The molecular formula is C11H15NO5S2. The summed E-state index contributed by atoms with van der Waals surface area (Å²) in [6, 6.07) is 2.29. The van der Waals surface area contributed by atoms with Crippen LogP contribution >= 0.6 is 11.8 Å². The van der Waals surface area contributed by atoms with E-state index in [1.807, 2.05) is 11.8 Å². The van der Waals surface area contributed by atoms with Gasteiger partial charge in [0.25, 0.3) is 10.0 Å². The lowest BCUT2D eigenvalue weighted by molar-refractivity contribution is 0.0656. The fraction of sp³-hybridized carbons (Fsp3) is 0.545. The van der Waals surface area contributed by atoms with Gasteiger partial charge in [-0.1, -0.05) is 0 Å². The zero-order chi connectivity index (χ0) is 13.9. The van der Waals surface area contributed by atoms with Crippen LogP contribution in [0, 0.1) is 5.92 Å². The molecule has 0 spiro atoms. The van der Waals surface area contributed by atoms with Crippen molar-refractivity contribution in [3.05, 3.63) is 17.9 Å². The van der Waals surface area contributed by atoms with E-state index in [2.05, 4.69) is 4.72 Å². The first kappa shape index (κ1) is 14.4. The van der Waals surface area contributed by atoms with Crippen LogP contribution in [-0.4, -0.2) is 37.5 Å². The second kappa shape index (κ2) is 5.98. The average molecular weight is 305 g/mol. The average Bonchev–Trinajstić information content (AvgIpc) is 2.88. The van der Waals surface area contributed by atoms with Gasteiger partial charge in [-0.05, 0) is 42.4 Å². The largest absolute Gasteiger partial charge is 0.475 e. The van der Waals surface area contributed by atoms with E-state index in [-0.39, 0.29) is 10.9 Å². The summed E-state index contributed by atoms with van der Waals surface area (Å²) in [6.45, 7) is 0.367. The van der Waals surface area contributed by atoms with Crippen LogP contribution in [-0.2, 0) is 10.0 Å². The molecule has 0 aromatic carbocycles. The third-order valence-electron chi connectivity index (χ3n) is 2.96. The van der Waals surface area contributed by atoms with Gasteiger partial charge in [-0.15, -0.1) is 0 Å². The van der Waals surface area contributed by atoms with Crippen molar-refractivity contribution in [2.45, 2.75) is 17.9 Å². The minimum atomic E-state index is -3.76. The molecule has 1 aliphatic rings. The van der Waals surface area contributed by atoms with Crippen molar-refractivity contribution < 1.29 is 22.7 Å². The van der Waals surface area contributed by atoms with E-state index >= 15 is 0 Å². The summed E-state index contributed by atoms with van der Waals surface area (Å²) in [4.78, 5) is 10.6. The van der Waals surface area contributed by atoms with Crippen LogP contribution in [0.25, 0.3) is 0 Å². The second-order valence-electron chi connectivity index (χ2n) is 4.33. The quantitative estimate of drug-likeness (QED) is 0.853. The van der Waals surface area contributed by atoms with E-state index < -0.39 is 16.0 Å². The lowest BCUT2D eigenvalue weighted by atomic mass is 10.0. The van der Waals surface area contributed by atoms with E-state index in [0.717, 1.165) is 36.5 Å². The van der Waals surface area contributed by atoms with E-state index in [1.165, 1.54) is 0 Å². The van der Waals surface area contributed by atoms with Gasteiger partial charge >= 0.3 is 5.97 Å². The summed E-state index contributed by atoms with van der Waals surface area (Å²) < 4.78 is 31.1. The highest BCUT2D eigenvalue weighted by Crippen LogP contribution is 2.22. The van der Waals surface area contributed by atoms with Gasteiger partial charge in [0, 0.05) is 6.54 Å². The van der Waals surface area contributed by atoms with E-state index in [0.29, 0.717) is 12.5 Å². The van der Waals surface area contributed by atoms with Crippen molar-refractivity contribution in [1.82, 2.24) is 4.72 Å². The maximum absolute atomic E-state index is 11.9. The minimum absolute atomic E-state index is 0.338. The van der Waals surface area contributed by atoms with Gasteiger partial charge in [0.05, 0.1) is 0 Å². The molecule has 8 heteroatoms. The number of carboxylic acids is 1. The third kappa shape index (κ3) is 3.74. The number of carbonyl (C=O) groups is 1. The minimum Gasteiger partial charge on any atom is -0.475 e. The Hall–Kier alpha value is -0.990. The van der Waals surface area contributed by atoms with Crippen LogP contribution < -0.4 is 4.72 Å². The molecule has 0 saturated carbocycles. The highest BCUT2D eigenvalue weighted by atomic mass is 32.2. The van der Waals surface area contributed by atoms with E-state index in [4.69, 9.17) is 9.52 Å². The molecule has 1 aliphatic heterocycles. The summed E-state index contributed by atoms with van der Waals surface area (Å²) in [5.74, 6) is 0.775. The van der Waals surface area contributed by atoms with Crippen LogP contribution in [0.4, 0.5) is 0 Å². The van der Waals surface area contributed by atoms with E-state index in [9.17, 15) is 13.2 Å². The van der Waals surface area contributed by atoms with Crippen molar-refractivity contribution in [2.75, 3.05) is 18.1 Å². The Bertz CT molecular complexity index is 545. The standard InChI is InChI=1S/C11H15NO5S2/c13-11(14)9-1-2-10(17-9)19(15,16)12-7-8-3-5-18-6-4-8/h1-2,8,12H,3-7H2,(H,13,14). The Kier molecular flexibility index (Phi) is 4.54. The van der Waals surface area contributed by atoms with Crippen molar-refractivity contribution in [2.24, 2.45) is 5.92 Å². The van der Waals surface area contributed by atoms with Gasteiger partial charge in [-0.3, -0.25) is 0 Å². The predicted molar refractivity (Wildman–Crippen MR) is 70.9 cm³/mol. The maximum atomic E-state index is 11.9. The van der Waals surface area contributed by atoms with Crippen LogP contribution in [0.15, 0.2) is 21.6 Å². The number of hydrogen-bond donors (Lipinski definition) is 2. The molecule has 0 unspecified atom stereocenters. The van der Waals surface area contributed by atoms with Crippen LogP contribution in [0.1, 0.15) is 23.4 Å². The maximum Gasteiger partial charge on any atom is 0.371 e. The van der Waals surface area contributed by atoms with Crippen molar-refractivity contribution >= 4 is 27.8 Å². The van der Waals surface area contributed by atoms with Gasteiger partial charge in [-0.2, -0.15) is 11.8 Å². The Morgan fingerprint density at radius 2 is 2.11 bits per heavy atom. The molecule has 0 amide bonds. The Morgan fingerprint density at radius 3 is 2.68 bits per heavy atom. The molecule has 19 heavy (non-hydrogen) atoms. The normalized spacial score (nSPS) is 17.5. The monoisotopic (exact) mass is 305 g/mol. The summed E-state index contributed by atoms with van der Waals surface area (Å²) in [5, 5.41) is 8.33. The highest BCUT2D eigenvalue weighted by Gasteiger charge is 2.23. The second-order valence-corrected chi connectivity index (χ2v) is 7.25. The number of nitrogens with one attached hydrogen (secondary N) is 1. The van der Waals surface area contributed by atoms with Crippen LogP contribution in [0.2, 0.25) is 0 Å². The van der Waals surface area contributed by atoms with Gasteiger partial charge in [0.15, 0.2) is 0 Å². The molecule has 0 atom stereocenters. The molecule has 2 N–H and O–H groups in total.